The highest BCUT2D eigenvalue weighted by atomic mass is 33.1. The second-order valence-electron chi connectivity index (χ2n) is 4.64. The third-order valence-electron chi connectivity index (χ3n) is 1.84. The van der Waals surface area contributed by atoms with E-state index in [0.717, 1.165) is 6.54 Å². The van der Waals surface area contributed by atoms with Crippen LogP contribution in [0, 0.1) is 0 Å². The molecule has 0 aliphatic heterocycles. The quantitative estimate of drug-likeness (QED) is 0.693. The maximum atomic E-state index is 5.68. The number of rotatable bonds is 6. The molecule has 13 heavy (non-hydrogen) atoms. The zero-order valence-corrected chi connectivity index (χ0v) is 11.1. The molecule has 0 bridgehead atoms. The van der Waals surface area contributed by atoms with Crippen molar-refractivity contribution in [3.05, 3.63) is 0 Å². The molecule has 0 aromatic rings. The lowest BCUT2D eigenvalue weighted by molar-refractivity contribution is 0.630. The summed E-state index contributed by atoms with van der Waals surface area (Å²) in [5.74, 6) is 0. The highest BCUT2D eigenvalue weighted by molar-refractivity contribution is 8.77. The van der Waals surface area contributed by atoms with E-state index in [1.807, 2.05) is 21.6 Å². The van der Waals surface area contributed by atoms with Crippen molar-refractivity contribution in [3.63, 3.8) is 0 Å². The van der Waals surface area contributed by atoms with Crippen molar-refractivity contribution in [2.75, 3.05) is 6.54 Å². The zero-order chi connectivity index (χ0) is 10.5. The van der Waals surface area contributed by atoms with E-state index < -0.39 is 0 Å². The Kier molecular flexibility index (Phi) is 5.80. The van der Waals surface area contributed by atoms with Crippen LogP contribution in [0.3, 0.4) is 0 Å². The summed E-state index contributed by atoms with van der Waals surface area (Å²) in [4.78, 5) is 0. The fourth-order valence-corrected chi connectivity index (χ4v) is 3.52. The van der Waals surface area contributed by atoms with Crippen molar-refractivity contribution < 1.29 is 0 Å². The van der Waals surface area contributed by atoms with Gasteiger partial charge in [-0.3, -0.25) is 0 Å². The molecule has 0 rings (SSSR count). The highest BCUT2D eigenvalue weighted by Crippen LogP contribution is 2.44. The smallest absolute Gasteiger partial charge is 0.0329 e. The zero-order valence-electron chi connectivity index (χ0n) is 9.52. The van der Waals surface area contributed by atoms with E-state index in [1.54, 1.807) is 0 Å². The molecule has 0 fully saturated rings. The van der Waals surface area contributed by atoms with Crippen LogP contribution in [0.5, 0.6) is 0 Å². The first-order valence-electron chi connectivity index (χ1n) is 4.90. The molecule has 0 aliphatic carbocycles. The van der Waals surface area contributed by atoms with Gasteiger partial charge in [0.25, 0.3) is 0 Å². The Hall–Kier alpha value is 0.660. The second kappa shape index (κ2) is 5.52. The molecule has 0 saturated heterocycles. The normalized spacial score (nSPS) is 13.4. The van der Waals surface area contributed by atoms with Gasteiger partial charge in [0.1, 0.15) is 0 Å². The van der Waals surface area contributed by atoms with Gasteiger partial charge in [-0.1, -0.05) is 34.9 Å². The molecule has 3 heteroatoms. The molecule has 1 nitrogen and oxygen atoms in total. The van der Waals surface area contributed by atoms with Gasteiger partial charge in [0.15, 0.2) is 0 Å². The van der Waals surface area contributed by atoms with Crippen molar-refractivity contribution in [1.29, 1.82) is 0 Å². The molecule has 0 radical (unpaired) electrons. The van der Waals surface area contributed by atoms with Crippen LogP contribution < -0.4 is 5.73 Å². The van der Waals surface area contributed by atoms with Crippen LogP contribution in [0.4, 0.5) is 0 Å². The monoisotopic (exact) mass is 221 g/mol. The highest BCUT2D eigenvalue weighted by Gasteiger charge is 2.24. The minimum Gasteiger partial charge on any atom is -0.329 e. The Labute approximate surface area is 91.0 Å². The van der Waals surface area contributed by atoms with Gasteiger partial charge in [-0.05, 0) is 34.1 Å². The third-order valence-corrected chi connectivity index (χ3v) is 6.15. The van der Waals surface area contributed by atoms with Crippen molar-refractivity contribution >= 4 is 21.6 Å². The molecule has 0 aromatic heterocycles. The van der Waals surface area contributed by atoms with E-state index in [2.05, 4.69) is 34.6 Å². The molecular weight excluding hydrogens is 198 g/mol. The topological polar surface area (TPSA) is 26.0 Å². The second-order valence-corrected chi connectivity index (χ2v) is 8.18. The Morgan fingerprint density at radius 2 is 1.46 bits per heavy atom. The Morgan fingerprint density at radius 3 is 1.85 bits per heavy atom. The van der Waals surface area contributed by atoms with Gasteiger partial charge in [-0.15, -0.1) is 0 Å². The van der Waals surface area contributed by atoms with Gasteiger partial charge in [0, 0.05) is 16.0 Å². The van der Waals surface area contributed by atoms with Gasteiger partial charge in [-0.25, -0.2) is 0 Å². The largest absolute Gasteiger partial charge is 0.329 e. The molecule has 0 atom stereocenters. The van der Waals surface area contributed by atoms with E-state index in [4.69, 9.17) is 5.73 Å². The summed E-state index contributed by atoms with van der Waals surface area (Å²) >= 11 is 0. The first-order valence-corrected chi connectivity index (χ1v) is 7.05. The minimum absolute atomic E-state index is 0.204. The van der Waals surface area contributed by atoms with Gasteiger partial charge < -0.3 is 5.73 Å². The maximum Gasteiger partial charge on any atom is 0.0329 e. The van der Waals surface area contributed by atoms with Gasteiger partial charge in [0.2, 0.25) is 0 Å². The van der Waals surface area contributed by atoms with Gasteiger partial charge in [0.05, 0.1) is 0 Å². The summed E-state index contributed by atoms with van der Waals surface area (Å²) in [5.41, 5.74) is 5.68. The Balaban J connectivity index is 3.86. The lowest BCUT2D eigenvalue weighted by Crippen LogP contribution is -2.27. The van der Waals surface area contributed by atoms with Crippen molar-refractivity contribution in [2.24, 2.45) is 5.73 Å². The Bertz CT molecular complexity index is 144. The molecule has 2 N–H and O–H groups in total. The average Bonchev–Trinajstić information content (AvgIpc) is 2.02. The first-order chi connectivity index (χ1) is 5.83. The fourth-order valence-electron chi connectivity index (χ4n) is 0.903. The van der Waals surface area contributed by atoms with Crippen LogP contribution in [0.2, 0.25) is 0 Å². The molecule has 0 spiro atoms. The predicted molar refractivity (Wildman–Crippen MR) is 67.3 cm³/mol. The van der Waals surface area contributed by atoms with Crippen LogP contribution in [0.15, 0.2) is 0 Å². The maximum absolute atomic E-state index is 5.68. The van der Waals surface area contributed by atoms with E-state index in [1.165, 1.54) is 12.8 Å². The van der Waals surface area contributed by atoms with Crippen molar-refractivity contribution in [1.82, 2.24) is 0 Å². The summed E-state index contributed by atoms with van der Waals surface area (Å²) < 4.78 is 0.585. The van der Waals surface area contributed by atoms with Crippen LogP contribution in [0.1, 0.15) is 47.5 Å². The predicted octanol–water partition coefficient (Wildman–Crippen LogP) is 3.68. The van der Waals surface area contributed by atoms with E-state index in [9.17, 15) is 0 Å². The molecule has 0 saturated carbocycles. The van der Waals surface area contributed by atoms with Crippen LogP contribution in [-0.4, -0.2) is 16.0 Å². The summed E-state index contributed by atoms with van der Waals surface area (Å²) in [6, 6.07) is 0. The van der Waals surface area contributed by atoms with E-state index in [-0.39, 0.29) is 4.75 Å². The molecule has 0 unspecified atom stereocenters. The lowest BCUT2D eigenvalue weighted by atomic mass is 10.1. The number of nitrogens with two attached hydrogens (primary N) is 1. The van der Waals surface area contributed by atoms with Gasteiger partial charge in [-0.2, -0.15) is 0 Å². The summed E-state index contributed by atoms with van der Waals surface area (Å²) in [6.07, 6.45) is 2.52. The number of hydrogen-bond donors (Lipinski definition) is 1. The molecular formula is C10H23NS2. The molecule has 80 valence electrons. The lowest BCUT2D eigenvalue weighted by Gasteiger charge is -2.28. The summed E-state index contributed by atoms with van der Waals surface area (Å²) in [5, 5.41) is 0. The minimum atomic E-state index is 0.204. The van der Waals surface area contributed by atoms with Crippen molar-refractivity contribution in [3.8, 4) is 0 Å². The van der Waals surface area contributed by atoms with Gasteiger partial charge >= 0.3 is 0 Å². The summed E-state index contributed by atoms with van der Waals surface area (Å²) in [7, 11) is 3.89. The molecule has 0 aromatic carbocycles. The third kappa shape index (κ3) is 6.69. The molecule has 0 amide bonds. The first kappa shape index (κ1) is 13.7. The van der Waals surface area contributed by atoms with Crippen LogP contribution >= 0.6 is 21.6 Å². The average molecular weight is 221 g/mol. The van der Waals surface area contributed by atoms with Crippen molar-refractivity contribution in [2.45, 2.75) is 57.0 Å². The SMILES string of the molecule is CCCC(C)(C)SSC(C)(C)CN. The molecule has 0 aliphatic rings. The van der Waals surface area contributed by atoms with E-state index in [0.29, 0.717) is 4.75 Å². The van der Waals surface area contributed by atoms with Crippen LogP contribution in [0.25, 0.3) is 0 Å². The Morgan fingerprint density at radius 1 is 1.00 bits per heavy atom. The standard InChI is InChI=1S/C10H23NS2/c1-6-7-9(2,3)12-13-10(4,5)8-11/h6-8,11H2,1-5H3. The van der Waals surface area contributed by atoms with E-state index >= 15 is 0 Å². The fraction of sp³-hybridized carbons (Fsp3) is 1.00. The summed E-state index contributed by atoms with van der Waals surface area (Å²) in [6.45, 7) is 12.0. The number of hydrogen-bond acceptors (Lipinski definition) is 3. The molecule has 0 heterocycles. The van der Waals surface area contributed by atoms with Crippen LogP contribution in [-0.2, 0) is 0 Å².